The van der Waals surface area contributed by atoms with Gasteiger partial charge >= 0.3 is 5.69 Å². The average molecular weight is 385 g/mol. The molecular weight excluding hydrogens is 366 g/mol. The highest BCUT2D eigenvalue weighted by atomic mass is 16.6. The Kier molecular flexibility index (Phi) is 5.21. The van der Waals surface area contributed by atoms with Gasteiger partial charge in [-0.3, -0.25) is 14.9 Å². The molecule has 28 heavy (non-hydrogen) atoms. The van der Waals surface area contributed by atoms with Gasteiger partial charge in [-0.25, -0.2) is 0 Å². The van der Waals surface area contributed by atoms with Gasteiger partial charge in [0.1, 0.15) is 0 Å². The first-order valence-electron chi connectivity index (χ1n) is 8.34. The molecule has 0 unspecified atom stereocenters. The van der Waals surface area contributed by atoms with Crippen molar-refractivity contribution in [1.82, 2.24) is 0 Å². The van der Waals surface area contributed by atoms with Crippen LogP contribution in [-0.2, 0) is 6.42 Å². The molecule has 146 valence electrons. The van der Waals surface area contributed by atoms with E-state index in [1.54, 1.807) is 18.2 Å². The minimum Gasteiger partial charge on any atom is -0.493 e. The summed E-state index contributed by atoms with van der Waals surface area (Å²) in [6.45, 7) is 0. The molecule has 1 aliphatic carbocycles. The number of Topliss-reactive ketones (excluding diaryl/α,β-unsaturated/α-hetero) is 1. The lowest BCUT2D eigenvalue weighted by Gasteiger charge is -2.15. The SMILES string of the molecule is COc1ccc(/C=C2\Cc3c(cc(OC)c(OC)c3OC)C2=O)cc1[N+](=O)[O-]. The van der Waals surface area contributed by atoms with Gasteiger partial charge in [0.05, 0.1) is 33.4 Å². The molecule has 0 saturated carbocycles. The minimum absolute atomic E-state index is 0.157. The lowest BCUT2D eigenvalue weighted by atomic mass is 10.1. The second-order valence-electron chi connectivity index (χ2n) is 6.04. The van der Waals surface area contributed by atoms with Crippen LogP contribution in [0.3, 0.4) is 0 Å². The fraction of sp³-hybridized carbons (Fsp3) is 0.250. The van der Waals surface area contributed by atoms with Crippen molar-refractivity contribution in [2.75, 3.05) is 28.4 Å². The van der Waals surface area contributed by atoms with E-state index in [0.29, 0.717) is 45.9 Å². The Morgan fingerprint density at radius 3 is 2.21 bits per heavy atom. The van der Waals surface area contributed by atoms with E-state index in [-0.39, 0.29) is 17.2 Å². The van der Waals surface area contributed by atoms with E-state index in [9.17, 15) is 14.9 Å². The van der Waals surface area contributed by atoms with Crippen LogP contribution < -0.4 is 18.9 Å². The van der Waals surface area contributed by atoms with Crippen molar-refractivity contribution in [2.24, 2.45) is 0 Å². The first-order valence-corrected chi connectivity index (χ1v) is 8.34. The van der Waals surface area contributed by atoms with Gasteiger partial charge in [0.15, 0.2) is 23.0 Å². The molecule has 0 radical (unpaired) electrons. The number of allylic oxidation sites excluding steroid dienone is 1. The molecule has 0 aliphatic heterocycles. The Morgan fingerprint density at radius 1 is 0.964 bits per heavy atom. The van der Waals surface area contributed by atoms with Gasteiger partial charge in [-0.2, -0.15) is 0 Å². The van der Waals surface area contributed by atoms with Crippen molar-refractivity contribution < 1.29 is 28.7 Å². The van der Waals surface area contributed by atoms with E-state index in [0.717, 1.165) is 0 Å². The summed E-state index contributed by atoms with van der Waals surface area (Å²) < 4.78 is 21.1. The van der Waals surface area contributed by atoms with Crippen LogP contribution in [0.2, 0.25) is 0 Å². The molecule has 3 rings (SSSR count). The molecule has 1 aliphatic rings. The monoisotopic (exact) mass is 385 g/mol. The normalized spacial score (nSPS) is 14.0. The number of nitro benzene ring substituents is 1. The molecule has 8 heteroatoms. The summed E-state index contributed by atoms with van der Waals surface area (Å²) in [5.41, 5.74) is 2.01. The maximum atomic E-state index is 12.9. The summed E-state index contributed by atoms with van der Waals surface area (Å²) in [6, 6.07) is 6.16. The van der Waals surface area contributed by atoms with Gasteiger partial charge in [-0.15, -0.1) is 0 Å². The maximum absolute atomic E-state index is 12.9. The lowest BCUT2D eigenvalue weighted by molar-refractivity contribution is -0.385. The lowest BCUT2D eigenvalue weighted by Crippen LogP contribution is -2.01. The number of nitro groups is 1. The van der Waals surface area contributed by atoms with Crippen LogP contribution in [0, 0.1) is 10.1 Å². The molecule has 0 heterocycles. The molecule has 0 N–H and O–H groups in total. The smallest absolute Gasteiger partial charge is 0.311 e. The van der Waals surface area contributed by atoms with Crippen molar-refractivity contribution in [3.8, 4) is 23.0 Å². The first-order chi connectivity index (χ1) is 13.4. The van der Waals surface area contributed by atoms with Crippen LogP contribution in [-0.4, -0.2) is 39.1 Å². The summed E-state index contributed by atoms with van der Waals surface area (Å²) >= 11 is 0. The second-order valence-corrected chi connectivity index (χ2v) is 6.04. The number of rotatable bonds is 6. The van der Waals surface area contributed by atoms with E-state index < -0.39 is 4.92 Å². The number of hydrogen-bond acceptors (Lipinski definition) is 7. The molecule has 0 amide bonds. The molecular formula is C20H19NO7. The molecule has 2 aromatic rings. The standard InChI is InChI=1S/C20H19NO7/c1-25-16-6-5-11(8-15(16)21(23)24)7-12-9-14-13(18(12)22)10-17(26-2)20(28-4)19(14)27-3/h5-8,10H,9H2,1-4H3/b12-7+. The Balaban J connectivity index is 2.07. The summed E-state index contributed by atoms with van der Waals surface area (Å²) in [5, 5.41) is 11.2. The van der Waals surface area contributed by atoms with Crippen molar-refractivity contribution in [2.45, 2.75) is 6.42 Å². The number of hydrogen-bond donors (Lipinski definition) is 0. The number of benzene rings is 2. The fourth-order valence-electron chi connectivity index (χ4n) is 3.29. The van der Waals surface area contributed by atoms with Gasteiger partial charge in [-0.1, -0.05) is 6.07 Å². The van der Waals surface area contributed by atoms with E-state index in [1.165, 1.54) is 40.6 Å². The molecule has 0 saturated heterocycles. The summed E-state index contributed by atoms with van der Waals surface area (Å²) in [5.74, 6) is 1.22. The van der Waals surface area contributed by atoms with Crippen LogP contribution in [0.4, 0.5) is 5.69 Å². The topological polar surface area (TPSA) is 97.1 Å². The third-order valence-electron chi connectivity index (χ3n) is 4.58. The van der Waals surface area contributed by atoms with Gasteiger partial charge < -0.3 is 18.9 Å². The quantitative estimate of drug-likeness (QED) is 0.427. The Hall–Kier alpha value is -3.55. The van der Waals surface area contributed by atoms with Crippen molar-refractivity contribution in [3.63, 3.8) is 0 Å². The van der Waals surface area contributed by atoms with Crippen molar-refractivity contribution in [1.29, 1.82) is 0 Å². The number of fused-ring (bicyclic) bond motifs is 1. The highest BCUT2D eigenvalue weighted by Crippen LogP contribution is 2.46. The highest BCUT2D eigenvalue weighted by Gasteiger charge is 2.32. The van der Waals surface area contributed by atoms with Crippen LogP contribution >= 0.6 is 0 Å². The number of nitrogens with zero attached hydrogens (tertiary/aromatic N) is 1. The fourth-order valence-corrected chi connectivity index (χ4v) is 3.29. The number of carbonyl (C=O) groups excluding carboxylic acids is 1. The first kappa shape index (κ1) is 19.2. The molecule has 2 aromatic carbocycles. The molecule has 0 aromatic heterocycles. The van der Waals surface area contributed by atoms with Crippen LogP contribution in [0.25, 0.3) is 6.08 Å². The Labute approximate surface area is 161 Å². The third-order valence-corrected chi connectivity index (χ3v) is 4.58. The number of methoxy groups -OCH3 is 4. The zero-order chi connectivity index (χ0) is 20.4. The molecule has 0 fully saturated rings. The van der Waals surface area contributed by atoms with Gasteiger partial charge in [0.25, 0.3) is 0 Å². The molecule has 0 bridgehead atoms. The van der Waals surface area contributed by atoms with E-state index in [4.69, 9.17) is 18.9 Å². The third kappa shape index (κ3) is 3.13. The zero-order valence-corrected chi connectivity index (χ0v) is 15.9. The van der Waals surface area contributed by atoms with Gasteiger partial charge in [0, 0.05) is 29.2 Å². The Morgan fingerprint density at radius 2 is 1.64 bits per heavy atom. The summed E-state index contributed by atoms with van der Waals surface area (Å²) in [4.78, 5) is 23.6. The second kappa shape index (κ2) is 7.59. The molecule has 0 atom stereocenters. The predicted octanol–water partition coefficient (Wildman–Crippen LogP) is 3.45. The summed E-state index contributed by atoms with van der Waals surface area (Å²) in [6.07, 6.45) is 1.95. The summed E-state index contributed by atoms with van der Waals surface area (Å²) in [7, 11) is 5.84. The van der Waals surface area contributed by atoms with Crippen LogP contribution in [0.15, 0.2) is 29.8 Å². The minimum atomic E-state index is -0.523. The molecule has 0 spiro atoms. The Bertz CT molecular complexity index is 995. The zero-order valence-electron chi connectivity index (χ0n) is 15.9. The van der Waals surface area contributed by atoms with Crippen molar-refractivity contribution in [3.05, 3.63) is 56.6 Å². The van der Waals surface area contributed by atoms with E-state index in [1.807, 2.05) is 0 Å². The number of ether oxygens (including phenoxy) is 4. The van der Waals surface area contributed by atoms with E-state index in [2.05, 4.69) is 0 Å². The average Bonchev–Trinajstić information content (AvgIpc) is 3.01. The highest BCUT2D eigenvalue weighted by molar-refractivity contribution is 6.16. The van der Waals surface area contributed by atoms with Crippen molar-refractivity contribution >= 4 is 17.5 Å². The van der Waals surface area contributed by atoms with Gasteiger partial charge in [0.2, 0.25) is 5.75 Å². The van der Waals surface area contributed by atoms with Gasteiger partial charge in [-0.05, 0) is 23.8 Å². The van der Waals surface area contributed by atoms with E-state index >= 15 is 0 Å². The van der Waals surface area contributed by atoms with Crippen LogP contribution in [0.1, 0.15) is 21.5 Å². The largest absolute Gasteiger partial charge is 0.493 e. The predicted molar refractivity (Wildman–Crippen MR) is 102 cm³/mol. The number of carbonyl (C=O) groups is 1. The number of ketones is 1. The maximum Gasteiger partial charge on any atom is 0.311 e. The molecule has 8 nitrogen and oxygen atoms in total. The van der Waals surface area contributed by atoms with Crippen LogP contribution in [0.5, 0.6) is 23.0 Å².